The molecule has 1 aromatic rings. The van der Waals surface area contributed by atoms with Crippen LogP contribution in [-0.2, 0) is 11.8 Å². The van der Waals surface area contributed by atoms with E-state index >= 15 is 0 Å². The Hall–Kier alpha value is -1.36. The van der Waals surface area contributed by atoms with Gasteiger partial charge in [0.05, 0.1) is 0 Å². The number of anilines is 1. The third-order valence-corrected chi connectivity index (χ3v) is 1.99. The summed E-state index contributed by atoms with van der Waals surface area (Å²) >= 11 is 5.29. The Labute approximate surface area is 85.7 Å². The summed E-state index contributed by atoms with van der Waals surface area (Å²) in [4.78, 5) is 26.2. The Kier molecular flexibility index (Phi) is 3.24. The van der Waals surface area contributed by atoms with Crippen LogP contribution in [-0.4, -0.2) is 21.3 Å². The van der Waals surface area contributed by atoms with Gasteiger partial charge in [-0.25, -0.2) is 4.98 Å². The van der Waals surface area contributed by atoms with Gasteiger partial charge in [0.15, 0.2) is 0 Å². The highest BCUT2D eigenvalue weighted by Crippen LogP contribution is 1.99. The molecule has 1 rings (SSSR count). The molecule has 0 aliphatic heterocycles. The molecule has 0 spiro atoms. The molecule has 0 fully saturated rings. The Morgan fingerprint density at radius 1 is 1.71 bits per heavy atom. The first kappa shape index (κ1) is 10.7. The van der Waals surface area contributed by atoms with Gasteiger partial charge in [0.25, 0.3) is 5.56 Å². The molecule has 0 radical (unpaired) electrons. The van der Waals surface area contributed by atoms with Crippen molar-refractivity contribution >= 4 is 23.3 Å². The van der Waals surface area contributed by atoms with Gasteiger partial charge in [-0.3, -0.25) is 14.2 Å². The second-order valence-corrected chi connectivity index (χ2v) is 3.03. The number of carbonyl (C=O) groups excluding carboxylic acids is 1. The van der Waals surface area contributed by atoms with Crippen molar-refractivity contribution in [2.45, 2.75) is 6.92 Å². The van der Waals surface area contributed by atoms with E-state index in [1.807, 2.05) is 0 Å². The van der Waals surface area contributed by atoms with Crippen molar-refractivity contribution in [3.8, 4) is 0 Å². The molecule has 5 nitrogen and oxygen atoms in total. The van der Waals surface area contributed by atoms with Crippen LogP contribution in [0.5, 0.6) is 0 Å². The van der Waals surface area contributed by atoms with Gasteiger partial charge < -0.3 is 5.32 Å². The number of nitrogens with one attached hydrogen (secondary N) is 1. The summed E-state index contributed by atoms with van der Waals surface area (Å²) < 4.78 is 1.39. The van der Waals surface area contributed by atoms with Crippen molar-refractivity contribution in [1.29, 1.82) is 0 Å². The minimum absolute atomic E-state index is 0.157. The third kappa shape index (κ3) is 2.32. The van der Waals surface area contributed by atoms with E-state index in [1.54, 1.807) is 14.0 Å². The van der Waals surface area contributed by atoms with E-state index in [9.17, 15) is 9.59 Å². The molecule has 0 bridgehead atoms. The van der Waals surface area contributed by atoms with Gasteiger partial charge in [-0.1, -0.05) is 0 Å². The Morgan fingerprint density at radius 3 is 2.86 bits per heavy atom. The second-order valence-electron chi connectivity index (χ2n) is 2.77. The molecule has 0 saturated carbocycles. The van der Waals surface area contributed by atoms with Crippen LogP contribution in [0.15, 0.2) is 10.9 Å². The van der Waals surface area contributed by atoms with E-state index in [0.29, 0.717) is 5.82 Å². The summed E-state index contributed by atoms with van der Waals surface area (Å²) in [6, 6.07) is 1.25. The fraction of sp³-hybridized carbons (Fsp3) is 0.375. The van der Waals surface area contributed by atoms with Crippen LogP contribution in [0.3, 0.4) is 0 Å². The molecule has 1 aromatic heterocycles. The second kappa shape index (κ2) is 4.23. The molecule has 0 atom stereocenters. The summed E-state index contributed by atoms with van der Waals surface area (Å²) in [5.41, 5.74) is -0.220. The van der Waals surface area contributed by atoms with E-state index in [-0.39, 0.29) is 23.2 Å². The van der Waals surface area contributed by atoms with Crippen LogP contribution in [0.1, 0.15) is 5.82 Å². The van der Waals surface area contributed by atoms with Crippen LogP contribution in [0, 0.1) is 6.92 Å². The van der Waals surface area contributed by atoms with Gasteiger partial charge in [-0.05, 0) is 6.92 Å². The maximum Gasteiger partial charge on any atom is 0.255 e. The van der Waals surface area contributed by atoms with Crippen molar-refractivity contribution in [3.63, 3.8) is 0 Å². The smallest absolute Gasteiger partial charge is 0.255 e. The number of aromatic nitrogens is 2. The number of alkyl halides is 1. The van der Waals surface area contributed by atoms with Gasteiger partial charge in [0, 0.05) is 13.1 Å². The zero-order valence-electron chi connectivity index (χ0n) is 7.87. The lowest BCUT2D eigenvalue weighted by Crippen LogP contribution is -2.23. The lowest BCUT2D eigenvalue weighted by molar-refractivity contribution is -0.113. The Balaban J connectivity index is 3.01. The van der Waals surface area contributed by atoms with Crippen LogP contribution >= 0.6 is 11.6 Å². The number of hydrogen-bond donors (Lipinski definition) is 1. The quantitative estimate of drug-likeness (QED) is 0.721. The zero-order chi connectivity index (χ0) is 10.7. The number of halogens is 1. The van der Waals surface area contributed by atoms with E-state index < -0.39 is 0 Å². The summed E-state index contributed by atoms with van der Waals surface area (Å²) in [5.74, 6) is 0.223. The maximum atomic E-state index is 11.3. The zero-order valence-corrected chi connectivity index (χ0v) is 8.63. The van der Waals surface area contributed by atoms with Gasteiger partial charge >= 0.3 is 0 Å². The molecular formula is C8H10ClN3O2. The molecule has 76 valence electrons. The van der Waals surface area contributed by atoms with Crippen LogP contribution in [0.4, 0.5) is 5.82 Å². The fourth-order valence-corrected chi connectivity index (χ4v) is 0.962. The number of amides is 1. The highest BCUT2D eigenvalue weighted by Gasteiger charge is 2.04. The van der Waals surface area contributed by atoms with Crippen LogP contribution in [0.2, 0.25) is 0 Å². The fourth-order valence-electron chi connectivity index (χ4n) is 0.895. The maximum absolute atomic E-state index is 11.3. The largest absolute Gasteiger partial charge is 0.309 e. The number of nitrogens with zero attached hydrogens (tertiary/aromatic N) is 2. The van der Waals surface area contributed by atoms with Crippen molar-refractivity contribution in [2.75, 3.05) is 11.2 Å². The van der Waals surface area contributed by atoms with Crippen molar-refractivity contribution in [2.24, 2.45) is 7.05 Å². The van der Waals surface area contributed by atoms with Crippen molar-refractivity contribution < 1.29 is 4.79 Å². The molecular weight excluding hydrogens is 206 g/mol. The van der Waals surface area contributed by atoms with Crippen LogP contribution < -0.4 is 10.9 Å². The van der Waals surface area contributed by atoms with Gasteiger partial charge in [0.2, 0.25) is 5.91 Å². The number of hydrogen-bond acceptors (Lipinski definition) is 3. The molecule has 0 aromatic carbocycles. The molecule has 1 amide bonds. The van der Waals surface area contributed by atoms with Gasteiger partial charge in [-0.15, -0.1) is 11.6 Å². The summed E-state index contributed by atoms with van der Waals surface area (Å²) in [5, 5.41) is 2.41. The molecule has 1 heterocycles. The Bertz CT molecular complexity index is 414. The van der Waals surface area contributed by atoms with Crippen molar-refractivity contribution in [3.05, 3.63) is 22.2 Å². The number of rotatable bonds is 2. The predicted octanol–water partition coefficient (Wildman–Crippen LogP) is 0.266. The minimum Gasteiger partial charge on any atom is -0.309 e. The molecule has 1 N–H and O–H groups in total. The first-order chi connectivity index (χ1) is 6.54. The van der Waals surface area contributed by atoms with Crippen molar-refractivity contribution in [1.82, 2.24) is 9.55 Å². The highest BCUT2D eigenvalue weighted by molar-refractivity contribution is 6.28. The summed E-state index contributed by atoms with van der Waals surface area (Å²) in [6.45, 7) is 1.68. The van der Waals surface area contributed by atoms with E-state index in [2.05, 4.69) is 10.3 Å². The lowest BCUT2D eigenvalue weighted by atomic mass is 10.5. The lowest BCUT2D eigenvalue weighted by Gasteiger charge is -2.05. The molecule has 14 heavy (non-hydrogen) atoms. The minimum atomic E-state index is -0.383. The standard InChI is InChI=1S/C8H10ClN3O2/c1-5-10-6(11-7(13)4-9)3-8(14)12(5)2/h3H,4H2,1-2H3,(H,11,13). The van der Waals surface area contributed by atoms with E-state index in [4.69, 9.17) is 11.6 Å². The monoisotopic (exact) mass is 215 g/mol. The SMILES string of the molecule is Cc1nc(NC(=O)CCl)cc(=O)n1C. The first-order valence-electron chi connectivity index (χ1n) is 3.95. The van der Waals surface area contributed by atoms with Crippen LogP contribution in [0.25, 0.3) is 0 Å². The molecule has 0 aliphatic carbocycles. The van der Waals surface area contributed by atoms with E-state index in [0.717, 1.165) is 0 Å². The average Bonchev–Trinajstić information content (AvgIpc) is 2.14. The number of aryl methyl sites for hydroxylation is 1. The van der Waals surface area contributed by atoms with Gasteiger partial charge in [-0.2, -0.15) is 0 Å². The first-order valence-corrected chi connectivity index (χ1v) is 4.48. The topological polar surface area (TPSA) is 64.0 Å². The Morgan fingerprint density at radius 2 is 2.36 bits per heavy atom. The third-order valence-electron chi connectivity index (χ3n) is 1.75. The average molecular weight is 216 g/mol. The summed E-state index contributed by atoms with van der Waals surface area (Å²) in [7, 11) is 1.61. The highest BCUT2D eigenvalue weighted by atomic mass is 35.5. The number of carbonyl (C=O) groups is 1. The predicted molar refractivity (Wildman–Crippen MR) is 53.6 cm³/mol. The molecule has 6 heteroatoms. The van der Waals surface area contributed by atoms with Gasteiger partial charge in [0.1, 0.15) is 17.5 Å². The molecule has 0 aliphatic rings. The molecule has 0 unspecified atom stereocenters. The molecule has 0 saturated heterocycles. The normalized spacial score (nSPS) is 9.93. The van der Waals surface area contributed by atoms with E-state index in [1.165, 1.54) is 10.6 Å². The summed E-state index contributed by atoms with van der Waals surface area (Å²) in [6.07, 6.45) is 0.